The number of anilines is 1. The molecule has 2 N–H and O–H groups in total. The highest BCUT2D eigenvalue weighted by molar-refractivity contribution is 6.42. The second-order valence-electron chi connectivity index (χ2n) is 5.59. The van der Waals surface area contributed by atoms with Crippen LogP contribution in [0.3, 0.4) is 0 Å². The standard InChI is InChI=1S/C17H17Cl3N2O/c1-11-3-5-12(6-4-11)9-22(2)10-16(23)21-17-14(19)7-13(18)8-15(17)20/h3-8H,9-10H2,1-2H3,(H,21,23)/p+1. The van der Waals surface area contributed by atoms with E-state index in [2.05, 4.69) is 29.6 Å². The van der Waals surface area contributed by atoms with Gasteiger partial charge < -0.3 is 10.2 Å². The molecule has 0 heterocycles. The number of hydrogen-bond acceptors (Lipinski definition) is 1. The van der Waals surface area contributed by atoms with Crippen LogP contribution in [0.1, 0.15) is 11.1 Å². The number of carbonyl (C=O) groups excluding carboxylic acids is 1. The van der Waals surface area contributed by atoms with E-state index in [0.29, 0.717) is 27.3 Å². The summed E-state index contributed by atoms with van der Waals surface area (Å²) < 4.78 is 0. The van der Waals surface area contributed by atoms with Crippen LogP contribution < -0.4 is 10.2 Å². The van der Waals surface area contributed by atoms with Crippen LogP contribution in [-0.2, 0) is 11.3 Å². The van der Waals surface area contributed by atoms with Crippen LogP contribution in [0.25, 0.3) is 0 Å². The maximum Gasteiger partial charge on any atom is 0.279 e. The van der Waals surface area contributed by atoms with Gasteiger partial charge in [0.05, 0.1) is 22.8 Å². The Balaban J connectivity index is 1.95. The predicted octanol–water partition coefficient (Wildman–Crippen LogP) is 3.61. The Morgan fingerprint density at radius 3 is 2.22 bits per heavy atom. The minimum absolute atomic E-state index is 0.152. The quantitative estimate of drug-likeness (QED) is 0.826. The second-order valence-corrected chi connectivity index (χ2v) is 6.84. The molecule has 0 aliphatic rings. The zero-order chi connectivity index (χ0) is 17.0. The molecule has 2 aromatic carbocycles. The molecule has 1 atom stereocenters. The largest absolute Gasteiger partial charge is 0.326 e. The van der Waals surface area contributed by atoms with Crippen molar-refractivity contribution in [3.05, 3.63) is 62.6 Å². The Labute approximate surface area is 151 Å². The summed E-state index contributed by atoms with van der Waals surface area (Å²) in [5, 5.41) is 3.83. The molecule has 0 aliphatic carbocycles. The van der Waals surface area contributed by atoms with E-state index in [9.17, 15) is 4.79 Å². The Morgan fingerprint density at radius 2 is 1.65 bits per heavy atom. The lowest BCUT2D eigenvalue weighted by Crippen LogP contribution is -3.08. The van der Waals surface area contributed by atoms with Crippen molar-refractivity contribution in [2.75, 3.05) is 18.9 Å². The number of hydrogen-bond donors (Lipinski definition) is 2. The molecule has 23 heavy (non-hydrogen) atoms. The molecule has 1 unspecified atom stereocenters. The zero-order valence-electron chi connectivity index (χ0n) is 12.9. The van der Waals surface area contributed by atoms with Crippen LogP contribution in [0.5, 0.6) is 0 Å². The van der Waals surface area contributed by atoms with Crippen molar-refractivity contribution in [1.29, 1.82) is 0 Å². The summed E-state index contributed by atoms with van der Waals surface area (Å²) in [7, 11) is 1.96. The minimum Gasteiger partial charge on any atom is -0.326 e. The Bertz CT molecular complexity index is 678. The molecule has 0 bridgehead atoms. The third-order valence-corrected chi connectivity index (χ3v) is 4.17. The first-order valence-corrected chi connectivity index (χ1v) is 8.30. The molecular weight excluding hydrogens is 355 g/mol. The summed E-state index contributed by atoms with van der Waals surface area (Å²) in [4.78, 5) is 13.2. The average Bonchev–Trinajstić information content (AvgIpc) is 2.45. The summed E-state index contributed by atoms with van der Waals surface area (Å²) in [5.74, 6) is -0.152. The van der Waals surface area contributed by atoms with Crippen LogP contribution in [0.15, 0.2) is 36.4 Å². The lowest BCUT2D eigenvalue weighted by molar-refractivity contribution is -0.885. The van der Waals surface area contributed by atoms with Gasteiger partial charge in [0.15, 0.2) is 6.54 Å². The van der Waals surface area contributed by atoms with E-state index in [1.165, 1.54) is 11.1 Å². The van der Waals surface area contributed by atoms with Crippen LogP contribution >= 0.6 is 34.8 Å². The highest BCUT2D eigenvalue weighted by Gasteiger charge is 2.15. The molecule has 0 saturated heterocycles. The van der Waals surface area contributed by atoms with Gasteiger partial charge in [-0.2, -0.15) is 0 Å². The number of carbonyl (C=O) groups is 1. The molecule has 0 spiro atoms. The van der Waals surface area contributed by atoms with Crippen LogP contribution in [-0.4, -0.2) is 19.5 Å². The first-order valence-electron chi connectivity index (χ1n) is 7.16. The summed E-state index contributed by atoms with van der Waals surface area (Å²) in [6, 6.07) is 11.4. The lowest BCUT2D eigenvalue weighted by atomic mass is 10.1. The second kappa shape index (κ2) is 8.02. The van der Waals surface area contributed by atoms with Crippen molar-refractivity contribution in [2.45, 2.75) is 13.5 Å². The number of quaternary nitrogens is 1. The fourth-order valence-electron chi connectivity index (χ4n) is 2.24. The highest BCUT2D eigenvalue weighted by atomic mass is 35.5. The van der Waals surface area contributed by atoms with E-state index in [1.54, 1.807) is 12.1 Å². The SMILES string of the molecule is Cc1ccc(C[NH+](C)CC(=O)Nc2c(Cl)cc(Cl)cc2Cl)cc1. The lowest BCUT2D eigenvalue weighted by Gasteiger charge is -2.15. The van der Waals surface area contributed by atoms with E-state index >= 15 is 0 Å². The molecular formula is C17H18Cl3N2O+. The normalized spacial score (nSPS) is 12.0. The number of halogens is 3. The van der Waals surface area contributed by atoms with E-state index in [4.69, 9.17) is 34.8 Å². The number of amides is 1. The Kier molecular flexibility index (Phi) is 6.31. The number of rotatable bonds is 5. The maximum absolute atomic E-state index is 12.2. The molecule has 0 aliphatic heterocycles. The zero-order valence-corrected chi connectivity index (χ0v) is 15.2. The summed E-state index contributed by atoms with van der Waals surface area (Å²) in [6.07, 6.45) is 0. The molecule has 0 saturated carbocycles. The highest BCUT2D eigenvalue weighted by Crippen LogP contribution is 2.33. The first kappa shape index (κ1) is 18.1. The Hall–Kier alpha value is -1.26. The summed E-state index contributed by atoms with van der Waals surface area (Å²) in [6.45, 7) is 3.12. The third-order valence-electron chi connectivity index (χ3n) is 3.36. The number of benzene rings is 2. The van der Waals surface area contributed by atoms with Crippen LogP contribution in [0.4, 0.5) is 5.69 Å². The van der Waals surface area contributed by atoms with Crippen LogP contribution in [0.2, 0.25) is 15.1 Å². The van der Waals surface area contributed by atoms with Gasteiger partial charge in [0.25, 0.3) is 5.91 Å². The topological polar surface area (TPSA) is 33.5 Å². The molecule has 1 amide bonds. The van der Waals surface area contributed by atoms with Gasteiger partial charge in [0.2, 0.25) is 0 Å². The van der Waals surface area contributed by atoms with Gasteiger partial charge in [0, 0.05) is 10.6 Å². The van der Waals surface area contributed by atoms with Gasteiger partial charge in [0.1, 0.15) is 6.54 Å². The van der Waals surface area contributed by atoms with Gasteiger partial charge >= 0.3 is 0 Å². The van der Waals surface area contributed by atoms with Crippen molar-refractivity contribution in [1.82, 2.24) is 0 Å². The summed E-state index contributed by atoms with van der Waals surface area (Å²) >= 11 is 18.0. The molecule has 6 heteroatoms. The van der Waals surface area contributed by atoms with Gasteiger partial charge in [-0.25, -0.2) is 0 Å². The van der Waals surface area contributed by atoms with Gasteiger partial charge in [-0.15, -0.1) is 0 Å². The molecule has 2 aromatic rings. The number of nitrogens with one attached hydrogen (secondary N) is 2. The fourth-order valence-corrected chi connectivity index (χ4v) is 3.15. The van der Waals surface area contributed by atoms with Crippen molar-refractivity contribution < 1.29 is 9.69 Å². The molecule has 2 rings (SSSR count). The maximum atomic E-state index is 12.2. The fraction of sp³-hybridized carbons (Fsp3) is 0.235. The van der Waals surface area contributed by atoms with Gasteiger partial charge in [-0.3, -0.25) is 4.79 Å². The smallest absolute Gasteiger partial charge is 0.279 e. The van der Waals surface area contributed by atoms with Gasteiger partial charge in [-0.1, -0.05) is 64.6 Å². The average molecular weight is 373 g/mol. The first-order chi connectivity index (χ1) is 10.8. The molecule has 3 nitrogen and oxygen atoms in total. The summed E-state index contributed by atoms with van der Waals surface area (Å²) in [5.41, 5.74) is 2.80. The van der Waals surface area contributed by atoms with E-state index in [0.717, 1.165) is 11.4 Å². The molecule has 0 aromatic heterocycles. The van der Waals surface area contributed by atoms with E-state index in [1.807, 2.05) is 14.0 Å². The monoisotopic (exact) mass is 371 g/mol. The third kappa shape index (κ3) is 5.40. The van der Waals surface area contributed by atoms with Gasteiger partial charge in [-0.05, 0) is 19.1 Å². The number of likely N-dealkylation sites (N-methyl/N-ethyl adjacent to an activating group) is 1. The molecule has 0 radical (unpaired) electrons. The molecule has 0 fully saturated rings. The van der Waals surface area contributed by atoms with Crippen molar-refractivity contribution >= 4 is 46.4 Å². The minimum atomic E-state index is -0.152. The Morgan fingerprint density at radius 1 is 1.09 bits per heavy atom. The van der Waals surface area contributed by atoms with Crippen molar-refractivity contribution in [2.24, 2.45) is 0 Å². The van der Waals surface area contributed by atoms with Crippen LogP contribution in [0, 0.1) is 6.92 Å². The van der Waals surface area contributed by atoms with Crippen molar-refractivity contribution in [3.8, 4) is 0 Å². The van der Waals surface area contributed by atoms with E-state index < -0.39 is 0 Å². The molecule has 122 valence electrons. The number of aryl methyl sites for hydroxylation is 1. The van der Waals surface area contributed by atoms with Crippen molar-refractivity contribution in [3.63, 3.8) is 0 Å². The predicted molar refractivity (Wildman–Crippen MR) is 96.7 cm³/mol. The van der Waals surface area contributed by atoms with E-state index in [-0.39, 0.29) is 5.91 Å².